The largest absolute Gasteiger partial charge is 0.481 e. The molecule has 0 saturated carbocycles. The fourth-order valence-corrected chi connectivity index (χ4v) is 1.13. The molecule has 1 aromatic rings. The van der Waals surface area contributed by atoms with Crippen LogP contribution in [0.2, 0.25) is 5.15 Å². The van der Waals surface area contributed by atoms with Crippen molar-refractivity contribution in [1.82, 2.24) is 4.98 Å². The second kappa shape index (κ2) is 4.26. The summed E-state index contributed by atoms with van der Waals surface area (Å²) in [5.41, 5.74) is 5.74. The summed E-state index contributed by atoms with van der Waals surface area (Å²) in [6, 6.07) is 1.71. The number of aromatic nitrogens is 1. The quantitative estimate of drug-likeness (QED) is 0.731. The lowest BCUT2D eigenvalue weighted by atomic mass is 10.1. The standard InChI is InChI=1S/C8H9ClN2O3/c1-14-6-3-4(2-5(9)11-6)7(10)8(12)13/h2-3,7H,10H2,1H3,(H,12,13)/t7-/m1/s1. The first-order chi connectivity index (χ1) is 6.54. The minimum Gasteiger partial charge on any atom is -0.481 e. The molecule has 1 aromatic heterocycles. The van der Waals surface area contributed by atoms with Crippen LogP contribution in [0.5, 0.6) is 5.88 Å². The molecule has 1 atom stereocenters. The summed E-state index contributed by atoms with van der Waals surface area (Å²) in [6.45, 7) is 0. The highest BCUT2D eigenvalue weighted by molar-refractivity contribution is 6.29. The second-order valence-electron chi connectivity index (χ2n) is 2.58. The molecule has 5 nitrogen and oxygen atoms in total. The maximum atomic E-state index is 10.6. The van der Waals surface area contributed by atoms with Crippen molar-refractivity contribution in [2.75, 3.05) is 7.11 Å². The minimum absolute atomic E-state index is 0.149. The van der Waals surface area contributed by atoms with E-state index in [0.29, 0.717) is 5.56 Å². The maximum Gasteiger partial charge on any atom is 0.325 e. The number of carboxylic acids is 1. The Morgan fingerprint density at radius 2 is 2.36 bits per heavy atom. The Hall–Kier alpha value is -1.33. The van der Waals surface area contributed by atoms with Crippen LogP contribution in [0.4, 0.5) is 0 Å². The molecule has 3 N–H and O–H groups in total. The summed E-state index contributed by atoms with van der Waals surface area (Å²) in [5.74, 6) is -0.890. The summed E-state index contributed by atoms with van der Waals surface area (Å²) in [7, 11) is 1.41. The number of nitrogens with two attached hydrogens (primary N) is 1. The van der Waals surface area contributed by atoms with E-state index in [1.165, 1.54) is 19.2 Å². The van der Waals surface area contributed by atoms with Gasteiger partial charge in [-0.15, -0.1) is 0 Å². The Kier molecular flexibility index (Phi) is 3.27. The molecule has 1 rings (SSSR count). The SMILES string of the molecule is COc1cc([C@@H](N)C(=O)O)cc(Cl)n1. The molecule has 76 valence electrons. The molecule has 0 fully saturated rings. The third kappa shape index (κ3) is 2.34. The lowest BCUT2D eigenvalue weighted by molar-refractivity contribution is -0.138. The highest BCUT2D eigenvalue weighted by Crippen LogP contribution is 2.20. The number of carboxylic acid groups (broad SMARTS) is 1. The molecule has 0 unspecified atom stereocenters. The number of carbonyl (C=O) groups is 1. The van der Waals surface area contributed by atoms with E-state index >= 15 is 0 Å². The zero-order valence-electron chi connectivity index (χ0n) is 7.40. The van der Waals surface area contributed by atoms with E-state index in [4.69, 9.17) is 27.2 Å². The van der Waals surface area contributed by atoms with Gasteiger partial charge in [-0.3, -0.25) is 4.79 Å². The zero-order chi connectivity index (χ0) is 10.7. The summed E-state index contributed by atoms with van der Waals surface area (Å²) in [6.07, 6.45) is 0. The lowest BCUT2D eigenvalue weighted by Crippen LogP contribution is -2.20. The van der Waals surface area contributed by atoms with Gasteiger partial charge in [0, 0.05) is 6.07 Å². The molecule has 0 bridgehead atoms. The molecule has 0 saturated heterocycles. The Morgan fingerprint density at radius 1 is 1.71 bits per heavy atom. The Balaban J connectivity index is 3.08. The first-order valence-electron chi connectivity index (χ1n) is 3.74. The first-order valence-corrected chi connectivity index (χ1v) is 4.12. The van der Waals surface area contributed by atoms with Gasteiger partial charge in [0.05, 0.1) is 7.11 Å². The van der Waals surface area contributed by atoms with Crippen LogP contribution in [0.3, 0.4) is 0 Å². The van der Waals surface area contributed by atoms with E-state index in [1.54, 1.807) is 0 Å². The number of hydrogen-bond donors (Lipinski definition) is 2. The number of nitrogens with zero attached hydrogens (tertiary/aromatic N) is 1. The van der Waals surface area contributed by atoms with Crippen molar-refractivity contribution in [3.05, 3.63) is 22.8 Å². The van der Waals surface area contributed by atoms with Crippen LogP contribution in [0.1, 0.15) is 11.6 Å². The van der Waals surface area contributed by atoms with Crippen LogP contribution < -0.4 is 10.5 Å². The number of aliphatic carboxylic acids is 1. The molecule has 14 heavy (non-hydrogen) atoms. The molecule has 0 amide bonds. The maximum absolute atomic E-state index is 10.6. The predicted molar refractivity (Wildman–Crippen MR) is 50.4 cm³/mol. The highest BCUT2D eigenvalue weighted by Gasteiger charge is 2.16. The Labute approximate surface area is 85.5 Å². The Bertz CT molecular complexity index is 356. The van der Waals surface area contributed by atoms with Crippen LogP contribution in [-0.4, -0.2) is 23.2 Å². The van der Waals surface area contributed by atoms with Crippen molar-refractivity contribution in [2.45, 2.75) is 6.04 Å². The average Bonchev–Trinajstić information content (AvgIpc) is 2.15. The number of methoxy groups -OCH3 is 1. The van der Waals surface area contributed by atoms with Gasteiger partial charge in [0.25, 0.3) is 0 Å². The molecular weight excluding hydrogens is 208 g/mol. The zero-order valence-corrected chi connectivity index (χ0v) is 8.15. The normalized spacial score (nSPS) is 12.2. The molecule has 0 radical (unpaired) electrons. The van der Waals surface area contributed by atoms with Gasteiger partial charge in [0.2, 0.25) is 5.88 Å². The first kappa shape index (κ1) is 10.7. The second-order valence-corrected chi connectivity index (χ2v) is 2.97. The molecule has 0 aromatic carbocycles. The van der Waals surface area contributed by atoms with Crippen LogP contribution in [0.15, 0.2) is 12.1 Å². The van der Waals surface area contributed by atoms with Crippen molar-refractivity contribution in [1.29, 1.82) is 0 Å². The number of rotatable bonds is 3. The number of halogens is 1. The molecule has 0 aliphatic carbocycles. The summed E-state index contributed by atoms with van der Waals surface area (Å²) in [5, 5.41) is 8.81. The van der Waals surface area contributed by atoms with Gasteiger partial charge >= 0.3 is 5.97 Å². The van der Waals surface area contributed by atoms with E-state index in [1.807, 2.05) is 0 Å². The van der Waals surface area contributed by atoms with Crippen LogP contribution in [0.25, 0.3) is 0 Å². The van der Waals surface area contributed by atoms with E-state index in [9.17, 15) is 4.79 Å². The molecule has 0 spiro atoms. The van der Waals surface area contributed by atoms with Gasteiger partial charge < -0.3 is 15.6 Å². The monoisotopic (exact) mass is 216 g/mol. The lowest BCUT2D eigenvalue weighted by Gasteiger charge is -2.08. The van der Waals surface area contributed by atoms with Gasteiger partial charge in [-0.25, -0.2) is 4.98 Å². The molecular formula is C8H9ClN2O3. The van der Waals surface area contributed by atoms with Crippen molar-refractivity contribution in [3.8, 4) is 5.88 Å². The smallest absolute Gasteiger partial charge is 0.325 e. The van der Waals surface area contributed by atoms with Gasteiger partial charge in [-0.2, -0.15) is 0 Å². The van der Waals surface area contributed by atoms with Gasteiger partial charge in [-0.1, -0.05) is 11.6 Å². The van der Waals surface area contributed by atoms with Crippen molar-refractivity contribution in [3.63, 3.8) is 0 Å². The Morgan fingerprint density at radius 3 is 2.86 bits per heavy atom. The van der Waals surface area contributed by atoms with Crippen LogP contribution in [0, 0.1) is 0 Å². The summed E-state index contributed by atoms with van der Waals surface area (Å²) < 4.78 is 4.82. The number of ether oxygens (including phenoxy) is 1. The molecule has 0 aliphatic rings. The van der Waals surface area contributed by atoms with Gasteiger partial charge in [0.1, 0.15) is 11.2 Å². The third-order valence-electron chi connectivity index (χ3n) is 1.63. The van der Waals surface area contributed by atoms with Crippen molar-refractivity contribution < 1.29 is 14.6 Å². The van der Waals surface area contributed by atoms with Crippen molar-refractivity contribution >= 4 is 17.6 Å². The van der Waals surface area contributed by atoms with Crippen molar-refractivity contribution in [2.24, 2.45) is 5.73 Å². The average molecular weight is 217 g/mol. The summed E-state index contributed by atoms with van der Waals surface area (Å²) >= 11 is 5.64. The van der Waals surface area contributed by atoms with E-state index in [0.717, 1.165) is 0 Å². The molecule has 6 heteroatoms. The van der Waals surface area contributed by atoms with Gasteiger partial charge in [0.15, 0.2) is 0 Å². The molecule has 0 aliphatic heterocycles. The van der Waals surface area contributed by atoms with E-state index in [-0.39, 0.29) is 11.0 Å². The number of pyridine rings is 1. The fraction of sp³-hybridized carbons (Fsp3) is 0.250. The molecule has 1 heterocycles. The van der Waals surface area contributed by atoms with Crippen LogP contribution in [-0.2, 0) is 4.79 Å². The predicted octanol–water partition coefficient (Wildman–Crippen LogP) is 0.828. The fourth-order valence-electron chi connectivity index (χ4n) is 0.918. The highest BCUT2D eigenvalue weighted by atomic mass is 35.5. The van der Waals surface area contributed by atoms with E-state index in [2.05, 4.69) is 4.98 Å². The van der Waals surface area contributed by atoms with Crippen LogP contribution >= 0.6 is 11.6 Å². The summed E-state index contributed by atoms with van der Waals surface area (Å²) in [4.78, 5) is 14.4. The van der Waals surface area contributed by atoms with Gasteiger partial charge in [-0.05, 0) is 11.6 Å². The number of hydrogen-bond acceptors (Lipinski definition) is 4. The third-order valence-corrected chi connectivity index (χ3v) is 1.82. The van der Waals surface area contributed by atoms with E-state index < -0.39 is 12.0 Å². The topological polar surface area (TPSA) is 85.4 Å². The minimum atomic E-state index is -1.13.